The van der Waals surface area contributed by atoms with Gasteiger partial charge in [-0.2, -0.15) is 0 Å². The topological polar surface area (TPSA) is 99.9 Å². The van der Waals surface area contributed by atoms with Crippen molar-refractivity contribution in [1.29, 1.82) is 0 Å². The van der Waals surface area contributed by atoms with Crippen molar-refractivity contribution in [1.82, 2.24) is 15.0 Å². The minimum absolute atomic E-state index is 0.00533. The molecule has 0 amide bonds. The van der Waals surface area contributed by atoms with Gasteiger partial charge in [-0.25, -0.2) is 0 Å². The first-order valence-electron chi connectivity index (χ1n) is 5.00. The fourth-order valence-electron chi connectivity index (χ4n) is 1.94. The van der Waals surface area contributed by atoms with Crippen molar-refractivity contribution in [2.24, 2.45) is 5.73 Å². The van der Waals surface area contributed by atoms with Crippen molar-refractivity contribution in [3.63, 3.8) is 0 Å². The monoisotopic (exact) mass is 211 g/mol. The first-order valence-corrected chi connectivity index (χ1v) is 5.00. The van der Waals surface area contributed by atoms with Crippen LogP contribution >= 0.6 is 0 Å². The Balaban J connectivity index is 2.17. The molecule has 1 aromatic heterocycles. The van der Waals surface area contributed by atoms with Gasteiger partial charge in [-0.3, -0.25) is 0 Å². The van der Waals surface area contributed by atoms with Crippen LogP contribution in [-0.4, -0.2) is 26.0 Å². The van der Waals surface area contributed by atoms with Crippen molar-refractivity contribution in [3.05, 3.63) is 16.3 Å². The van der Waals surface area contributed by atoms with Gasteiger partial charge < -0.3 is 15.8 Å². The zero-order valence-corrected chi connectivity index (χ0v) is 8.24. The van der Waals surface area contributed by atoms with Gasteiger partial charge in [0, 0.05) is 6.04 Å². The highest BCUT2D eigenvalue weighted by atomic mass is 16.6. The van der Waals surface area contributed by atoms with Crippen molar-refractivity contribution in [3.8, 4) is 0 Å². The summed E-state index contributed by atoms with van der Waals surface area (Å²) >= 11 is 0. The zero-order chi connectivity index (χ0) is 10.8. The van der Waals surface area contributed by atoms with E-state index in [1.165, 1.54) is 11.0 Å². The molecule has 7 nitrogen and oxygen atoms in total. The molecule has 1 heterocycles. The second-order valence-electron chi connectivity index (χ2n) is 3.80. The number of hydrogen-bond acceptors (Lipinski definition) is 5. The zero-order valence-electron chi connectivity index (χ0n) is 8.24. The first kappa shape index (κ1) is 10.0. The Kier molecular flexibility index (Phi) is 2.63. The lowest BCUT2D eigenvalue weighted by molar-refractivity contribution is -0.389. The fourth-order valence-corrected chi connectivity index (χ4v) is 1.94. The number of aromatic nitrogens is 3. The molecule has 0 saturated heterocycles. The van der Waals surface area contributed by atoms with E-state index in [0.29, 0.717) is 0 Å². The molecule has 1 saturated carbocycles. The molecule has 82 valence electrons. The van der Waals surface area contributed by atoms with Gasteiger partial charge in [-0.05, 0) is 17.8 Å². The van der Waals surface area contributed by atoms with Gasteiger partial charge in [0.25, 0.3) is 0 Å². The SMILES string of the molecule is NC1CCCCC1n1ncc([N+](=O)[O-])n1. The van der Waals surface area contributed by atoms with E-state index in [2.05, 4.69) is 10.2 Å². The Morgan fingerprint density at radius 1 is 1.53 bits per heavy atom. The molecule has 15 heavy (non-hydrogen) atoms. The standard InChI is InChI=1S/C8H13N5O2/c9-6-3-1-2-4-7(6)12-10-5-8(11-12)13(14)15/h5-7H,1-4,9H2. The molecular formula is C8H13N5O2. The smallest absolute Gasteiger partial charge is 0.358 e. The summed E-state index contributed by atoms with van der Waals surface area (Å²) in [4.78, 5) is 11.3. The van der Waals surface area contributed by atoms with Gasteiger partial charge in [0.05, 0.1) is 5.10 Å². The number of hydrogen-bond donors (Lipinski definition) is 1. The lowest BCUT2D eigenvalue weighted by Gasteiger charge is -2.25. The molecule has 1 aliphatic carbocycles. The maximum absolute atomic E-state index is 10.4. The Morgan fingerprint density at radius 2 is 2.27 bits per heavy atom. The molecule has 2 unspecified atom stereocenters. The summed E-state index contributed by atoms with van der Waals surface area (Å²) in [5.41, 5.74) is 5.93. The molecule has 7 heteroatoms. The Hall–Kier alpha value is -1.50. The van der Waals surface area contributed by atoms with E-state index in [9.17, 15) is 10.1 Å². The molecule has 2 rings (SSSR count). The quantitative estimate of drug-likeness (QED) is 0.571. The molecule has 0 aliphatic heterocycles. The third-order valence-corrected chi connectivity index (χ3v) is 2.76. The summed E-state index contributed by atoms with van der Waals surface area (Å²) < 4.78 is 0. The molecule has 0 radical (unpaired) electrons. The van der Waals surface area contributed by atoms with Gasteiger partial charge in [0.1, 0.15) is 6.04 Å². The van der Waals surface area contributed by atoms with Gasteiger partial charge in [-0.1, -0.05) is 17.6 Å². The summed E-state index contributed by atoms with van der Waals surface area (Å²) in [5.74, 6) is -0.215. The maximum Gasteiger partial charge on any atom is 0.410 e. The normalized spacial score (nSPS) is 26.5. The maximum atomic E-state index is 10.4. The largest absolute Gasteiger partial charge is 0.410 e. The highest BCUT2D eigenvalue weighted by Crippen LogP contribution is 2.26. The van der Waals surface area contributed by atoms with Gasteiger partial charge in [0.15, 0.2) is 6.20 Å². The van der Waals surface area contributed by atoms with E-state index >= 15 is 0 Å². The van der Waals surface area contributed by atoms with Crippen molar-refractivity contribution in [2.75, 3.05) is 0 Å². The van der Waals surface area contributed by atoms with E-state index < -0.39 is 4.92 Å². The lowest BCUT2D eigenvalue weighted by atomic mass is 9.91. The molecule has 0 bridgehead atoms. The van der Waals surface area contributed by atoms with Crippen LogP contribution in [0.3, 0.4) is 0 Å². The predicted octanol–water partition coefficient (Wildman–Crippen LogP) is 0.629. The molecule has 0 spiro atoms. The molecule has 0 aromatic carbocycles. The number of nitrogens with two attached hydrogens (primary N) is 1. The minimum atomic E-state index is -0.544. The van der Waals surface area contributed by atoms with E-state index in [0.717, 1.165) is 25.7 Å². The number of nitrogens with zero attached hydrogens (tertiary/aromatic N) is 4. The van der Waals surface area contributed by atoms with Crippen LogP contribution in [0.4, 0.5) is 5.82 Å². The average Bonchev–Trinajstić information content (AvgIpc) is 2.67. The third-order valence-electron chi connectivity index (χ3n) is 2.76. The highest BCUT2D eigenvalue weighted by molar-refractivity contribution is 5.08. The van der Waals surface area contributed by atoms with Gasteiger partial charge in [-0.15, -0.1) is 5.10 Å². The van der Waals surface area contributed by atoms with Crippen molar-refractivity contribution >= 4 is 5.82 Å². The van der Waals surface area contributed by atoms with E-state index in [4.69, 9.17) is 5.73 Å². The Morgan fingerprint density at radius 3 is 2.87 bits per heavy atom. The van der Waals surface area contributed by atoms with Crippen molar-refractivity contribution in [2.45, 2.75) is 37.8 Å². The molecule has 1 aromatic rings. The summed E-state index contributed by atoms with van der Waals surface area (Å²) in [6.07, 6.45) is 5.18. The first-order chi connectivity index (χ1) is 7.18. The third kappa shape index (κ3) is 1.96. The fraction of sp³-hybridized carbons (Fsp3) is 0.750. The van der Waals surface area contributed by atoms with E-state index in [-0.39, 0.29) is 17.9 Å². The molecular weight excluding hydrogens is 198 g/mol. The molecule has 2 atom stereocenters. The van der Waals surface area contributed by atoms with Crippen molar-refractivity contribution < 1.29 is 4.92 Å². The second kappa shape index (κ2) is 3.93. The van der Waals surface area contributed by atoms with Gasteiger partial charge >= 0.3 is 5.82 Å². The Labute approximate surface area is 86.4 Å². The van der Waals surface area contributed by atoms with Gasteiger partial charge in [0.2, 0.25) is 0 Å². The van der Waals surface area contributed by atoms with Crippen LogP contribution in [0.2, 0.25) is 0 Å². The van der Waals surface area contributed by atoms with Crippen LogP contribution in [0.5, 0.6) is 0 Å². The summed E-state index contributed by atoms with van der Waals surface area (Å²) in [5, 5.41) is 18.1. The summed E-state index contributed by atoms with van der Waals surface area (Å²) in [6.45, 7) is 0. The molecule has 1 fully saturated rings. The van der Waals surface area contributed by atoms with E-state index in [1.807, 2.05) is 0 Å². The van der Waals surface area contributed by atoms with Crippen LogP contribution in [0.25, 0.3) is 0 Å². The van der Waals surface area contributed by atoms with Crippen LogP contribution in [0, 0.1) is 10.1 Å². The summed E-state index contributed by atoms with van der Waals surface area (Å²) in [6, 6.07) is 0.0122. The number of nitro groups is 1. The average molecular weight is 211 g/mol. The van der Waals surface area contributed by atoms with E-state index in [1.54, 1.807) is 0 Å². The summed E-state index contributed by atoms with van der Waals surface area (Å²) in [7, 11) is 0. The lowest BCUT2D eigenvalue weighted by Crippen LogP contribution is -2.36. The van der Waals surface area contributed by atoms with Crippen LogP contribution < -0.4 is 5.73 Å². The van der Waals surface area contributed by atoms with Crippen LogP contribution in [-0.2, 0) is 0 Å². The highest BCUT2D eigenvalue weighted by Gasteiger charge is 2.28. The molecule has 1 aliphatic rings. The molecule has 2 N–H and O–H groups in total. The predicted molar refractivity (Wildman–Crippen MR) is 52.2 cm³/mol. The van der Waals surface area contributed by atoms with Crippen LogP contribution in [0.1, 0.15) is 31.7 Å². The van der Waals surface area contributed by atoms with Crippen LogP contribution in [0.15, 0.2) is 6.20 Å². The second-order valence-corrected chi connectivity index (χ2v) is 3.80. The Bertz CT molecular complexity index is 364. The minimum Gasteiger partial charge on any atom is -0.358 e. The number of rotatable bonds is 2.